The third-order valence-corrected chi connectivity index (χ3v) is 20.5. The average Bonchev–Trinajstić information content (AvgIpc) is 4.25. The first kappa shape index (κ1) is 46.0. The predicted octanol–water partition coefficient (Wildman–Crippen LogP) is 14.5. The topological polar surface area (TPSA) is 39.1 Å². The van der Waals surface area contributed by atoms with Crippen LogP contribution in [0.2, 0.25) is 0 Å². The van der Waals surface area contributed by atoms with Crippen molar-refractivity contribution in [2.75, 3.05) is 4.90 Å². The van der Waals surface area contributed by atoms with E-state index < -0.39 is 8.07 Å². The Hall–Kier alpha value is -10.3. The van der Waals surface area contributed by atoms with Crippen LogP contribution in [-0.2, 0) is 0 Å². The zero-order chi connectivity index (χ0) is 52.3. The molecule has 0 spiro atoms. The molecule has 1 aliphatic rings. The fraction of sp³-hybridized carbons (Fsp3) is 0. The van der Waals surface area contributed by atoms with Gasteiger partial charge in [-0.15, -0.1) is 0 Å². The highest BCUT2D eigenvalue weighted by atomic mass is 28.3. The summed E-state index contributed by atoms with van der Waals surface area (Å²) in [7, 11) is -2.79. The van der Waals surface area contributed by atoms with Gasteiger partial charge in [0.1, 0.15) is 17.3 Å². The van der Waals surface area contributed by atoms with Gasteiger partial charge in [0.05, 0.1) is 39.1 Å². The van der Waals surface area contributed by atoms with Crippen molar-refractivity contribution in [2.24, 2.45) is 0 Å². The number of pyridine rings is 1. The number of hydrogen-bond donors (Lipinski definition) is 0. The summed E-state index contributed by atoms with van der Waals surface area (Å²) < 4.78 is 13.6. The quantitative estimate of drug-likeness (QED) is 0.0778. The highest BCUT2D eigenvalue weighted by Crippen LogP contribution is 2.41. The van der Waals surface area contributed by atoms with Crippen LogP contribution in [0.1, 0.15) is 0 Å². The van der Waals surface area contributed by atoms with Gasteiger partial charge < -0.3 is 9.64 Å². The van der Waals surface area contributed by atoms with Crippen molar-refractivity contribution in [2.45, 2.75) is 0 Å². The van der Waals surface area contributed by atoms with Gasteiger partial charge in [0.2, 0.25) is 0 Å². The fourth-order valence-corrected chi connectivity index (χ4v) is 17.4. The molecule has 79 heavy (non-hydrogen) atoms. The van der Waals surface area contributed by atoms with E-state index in [1.807, 2.05) is 12.3 Å². The first-order valence-corrected chi connectivity index (χ1v) is 28.8. The van der Waals surface area contributed by atoms with Gasteiger partial charge in [-0.1, -0.05) is 224 Å². The van der Waals surface area contributed by atoms with Gasteiger partial charge in [0.15, 0.2) is 8.07 Å². The van der Waals surface area contributed by atoms with E-state index in [2.05, 4.69) is 310 Å². The summed E-state index contributed by atoms with van der Waals surface area (Å²) in [5.41, 5.74) is 14.0. The summed E-state index contributed by atoms with van der Waals surface area (Å²) in [6.45, 7) is 0. The third kappa shape index (κ3) is 7.54. The number of aromatic nitrogens is 4. The van der Waals surface area contributed by atoms with Gasteiger partial charge in [0.25, 0.3) is 6.33 Å². The van der Waals surface area contributed by atoms with Gasteiger partial charge >= 0.3 is 0 Å². The van der Waals surface area contributed by atoms with E-state index in [0.29, 0.717) is 11.5 Å². The van der Waals surface area contributed by atoms with Crippen molar-refractivity contribution >= 4 is 78.7 Å². The van der Waals surface area contributed by atoms with Gasteiger partial charge in [-0.3, -0.25) is 13.7 Å². The van der Waals surface area contributed by atoms with E-state index in [-0.39, 0.29) is 0 Å². The van der Waals surface area contributed by atoms with E-state index in [1.54, 1.807) is 0 Å². The Kier molecular flexibility index (Phi) is 11.1. The lowest BCUT2D eigenvalue weighted by Gasteiger charge is -2.45. The number of fused-ring (bicyclic) bond motifs is 6. The molecular weight excluding hydrogens is 979 g/mol. The van der Waals surface area contributed by atoms with Crippen LogP contribution in [0, 0.1) is 6.33 Å². The van der Waals surface area contributed by atoms with Crippen LogP contribution in [0.4, 0.5) is 17.1 Å². The molecule has 1 aliphatic heterocycles. The molecule has 0 amide bonds. The number of rotatable bonds is 10. The molecule has 0 radical (unpaired) electrons. The van der Waals surface area contributed by atoms with Crippen LogP contribution in [0.3, 0.4) is 0 Å². The molecular formula is C72H49N5OSi. The zero-order valence-corrected chi connectivity index (χ0v) is 43.9. The minimum absolute atomic E-state index is 0.708. The second kappa shape index (κ2) is 19.0. The van der Waals surface area contributed by atoms with Crippen LogP contribution < -0.4 is 35.0 Å². The molecule has 0 fully saturated rings. The Balaban J connectivity index is 0.830. The Morgan fingerprint density at radius 3 is 1.62 bits per heavy atom. The standard InChI is InChI=1S/C72H49N5OSi/c1-5-23-51(24-6-1)59-34-22-35-60(52-25-7-2-8-26-52)72(59)75-50-74(64-37-15-16-38-65(64)75)53-27-21-28-55(47-53)78-56-43-44-62-61-33-13-14-36-63(61)77(68(62)49-56)71-48-54(45-46-73-71)76-66-39-17-19-41-69(66)79(57-29-9-3-10-30-57,58-31-11-4-12-32-58)70-42-20-18-40-67(70)76/h1-49H. The summed E-state index contributed by atoms with van der Waals surface area (Å²) in [4.78, 5) is 7.61. The predicted molar refractivity (Wildman–Crippen MR) is 325 cm³/mol. The van der Waals surface area contributed by atoms with E-state index >= 15 is 0 Å². The van der Waals surface area contributed by atoms with Crippen molar-refractivity contribution in [3.8, 4) is 50.9 Å². The Morgan fingerprint density at radius 1 is 0.405 bits per heavy atom. The lowest BCUT2D eigenvalue weighted by molar-refractivity contribution is -0.571. The van der Waals surface area contributed by atoms with Crippen LogP contribution in [0.15, 0.2) is 297 Å². The maximum absolute atomic E-state index is 6.91. The van der Waals surface area contributed by atoms with Crippen LogP contribution in [0.25, 0.3) is 72.3 Å². The number of imidazole rings is 1. The lowest BCUT2D eigenvalue weighted by atomic mass is 9.95. The Bertz CT molecular complexity index is 4450. The van der Waals surface area contributed by atoms with Crippen LogP contribution in [-0.4, -0.2) is 22.2 Å². The lowest BCUT2D eigenvalue weighted by Crippen LogP contribution is -2.77. The van der Waals surface area contributed by atoms with Crippen molar-refractivity contribution in [3.63, 3.8) is 0 Å². The molecule has 14 aromatic rings. The molecule has 0 bridgehead atoms. The van der Waals surface area contributed by atoms with E-state index in [9.17, 15) is 0 Å². The molecule has 11 aromatic carbocycles. The summed E-state index contributed by atoms with van der Waals surface area (Å²) in [5.74, 6) is 2.23. The highest BCUT2D eigenvalue weighted by Gasteiger charge is 2.48. The largest absolute Gasteiger partial charge is 0.458 e. The SMILES string of the molecule is [c-]1n(-c2cccc(Oc3ccc4c5ccccc5n(-c5cc(N6c7ccccc7[Si](c7ccccc7)(c7ccccc7)c7ccccc76)ccn5)c4c3)c2)c2ccccc2[n+]1-c1c(-c2ccccc2)cccc1-c1ccccc1. The molecule has 372 valence electrons. The fourth-order valence-electron chi connectivity index (χ4n) is 12.3. The number of anilines is 3. The second-order valence-corrected chi connectivity index (χ2v) is 23.8. The van der Waals surface area contributed by atoms with Crippen molar-refractivity contribution < 1.29 is 9.30 Å². The summed E-state index contributed by atoms with van der Waals surface area (Å²) >= 11 is 0. The third-order valence-electron chi connectivity index (χ3n) is 15.7. The number of hydrogen-bond acceptors (Lipinski definition) is 3. The molecule has 0 atom stereocenters. The van der Waals surface area contributed by atoms with Crippen LogP contribution in [0.5, 0.6) is 11.5 Å². The molecule has 0 saturated carbocycles. The summed E-state index contributed by atoms with van der Waals surface area (Å²) in [6, 6.07) is 104. The monoisotopic (exact) mass is 1030 g/mol. The van der Waals surface area contributed by atoms with Gasteiger partial charge in [0, 0.05) is 40.5 Å². The molecule has 15 rings (SSSR count). The first-order valence-electron chi connectivity index (χ1n) is 26.8. The summed E-state index contributed by atoms with van der Waals surface area (Å²) in [6.07, 6.45) is 5.77. The minimum atomic E-state index is -2.79. The smallest absolute Gasteiger partial charge is 0.269 e. The van der Waals surface area contributed by atoms with Gasteiger partial charge in [-0.25, -0.2) is 4.98 Å². The Labute approximate surface area is 459 Å². The first-order chi connectivity index (χ1) is 39.2. The number of nitrogens with zero attached hydrogens (tertiary/aromatic N) is 5. The number of para-hydroxylation sites is 6. The minimum Gasteiger partial charge on any atom is -0.458 e. The molecule has 0 saturated heterocycles. The van der Waals surface area contributed by atoms with E-state index in [4.69, 9.17) is 9.72 Å². The van der Waals surface area contributed by atoms with Crippen LogP contribution >= 0.6 is 0 Å². The Morgan fingerprint density at radius 2 is 0.949 bits per heavy atom. The molecule has 7 heteroatoms. The van der Waals surface area contributed by atoms with E-state index in [0.717, 1.165) is 78.0 Å². The number of ether oxygens (including phenoxy) is 1. The van der Waals surface area contributed by atoms with Gasteiger partial charge in [-0.2, -0.15) is 0 Å². The molecule has 6 nitrogen and oxygen atoms in total. The van der Waals surface area contributed by atoms with E-state index in [1.165, 1.54) is 32.1 Å². The van der Waals surface area contributed by atoms with Crippen molar-refractivity contribution in [3.05, 3.63) is 304 Å². The highest BCUT2D eigenvalue weighted by molar-refractivity contribution is 7.21. The molecule has 0 unspecified atom stereocenters. The van der Waals surface area contributed by atoms with Crippen molar-refractivity contribution in [1.82, 2.24) is 14.1 Å². The molecule has 0 aliphatic carbocycles. The molecule has 0 N–H and O–H groups in total. The van der Waals surface area contributed by atoms with Crippen molar-refractivity contribution in [1.29, 1.82) is 0 Å². The second-order valence-electron chi connectivity index (χ2n) is 20.0. The zero-order valence-electron chi connectivity index (χ0n) is 42.9. The maximum atomic E-state index is 6.91. The molecule has 4 heterocycles. The maximum Gasteiger partial charge on any atom is 0.269 e. The number of benzene rings is 11. The molecule has 3 aromatic heterocycles. The summed E-state index contributed by atoms with van der Waals surface area (Å²) in [5, 5.41) is 7.66. The van der Waals surface area contributed by atoms with Gasteiger partial charge in [-0.05, 0) is 97.6 Å². The average molecular weight is 1030 g/mol. The normalized spacial score (nSPS) is 12.6.